The average molecular weight is 244 g/mol. The maximum atomic E-state index is 5.79. The summed E-state index contributed by atoms with van der Waals surface area (Å²) in [5, 5.41) is 0. The van der Waals surface area contributed by atoms with Crippen LogP contribution in [-0.4, -0.2) is 6.61 Å². The molecule has 0 radical (unpaired) electrons. The van der Waals surface area contributed by atoms with Crippen molar-refractivity contribution in [3.8, 4) is 0 Å². The lowest BCUT2D eigenvalue weighted by molar-refractivity contribution is 0.126. The van der Waals surface area contributed by atoms with Crippen LogP contribution in [0.15, 0.2) is 65.6 Å². The van der Waals surface area contributed by atoms with E-state index in [0.29, 0.717) is 0 Å². The van der Waals surface area contributed by atoms with Crippen LogP contribution in [-0.2, 0) is 4.74 Å². The van der Waals surface area contributed by atoms with Crippen molar-refractivity contribution < 1.29 is 4.74 Å². The minimum absolute atomic E-state index is 0.0728. The highest BCUT2D eigenvalue weighted by Gasteiger charge is 2.12. The summed E-state index contributed by atoms with van der Waals surface area (Å²) < 4.78 is 5.79. The van der Waals surface area contributed by atoms with Crippen molar-refractivity contribution in [2.45, 2.75) is 17.3 Å². The second-order valence-electron chi connectivity index (χ2n) is 3.63. The molecule has 2 aromatic carbocycles. The normalized spacial score (nSPS) is 12.3. The Morgan fingerprint density at radius 3 is 2.12 bits per heavy atom. The van der Waals surface area contributed by atoms with Crippen molar-refractivity contribution >= 4 is 11.8 Å². The molecule has 1 atom stereocenters. The lowest BCUT2D eigenvalue weighted by atomic mass is 10.2. The van der Waals surface area contributed by atoms with E-state index in [1.807, 2.05) is 31.2 Å². The highest BCUT2D eigenvalue weighted by atomic mass is 32.2. The van der Waals surface area contributed by atoms with Gasteiger partial charge in [-0.1, -0.05) is 60.3 Å². The predicted molar refractivity (Wildman–Crippen MR) is 73.1 cm³/mol. The molecular formula is C15H16OS. The third kappa shape index (κ3) is 3.62. The molecule has 0 aliphatic rings. The highest BCUT2D eigenvalue weighted by molar-refractivity contribution is 7.99. The summed E-state index contributed by atoms with van der Waals surface area (Å²) >= 11 is 1.74. The Bertz CT molecular complexity index is 427. The van der Waals surface area contributed by atoms with Gasteiger partial charge in [-0.15, -0.1) is 0 Å². The fourth-order valence-electron chi connectivity index (χ4n) is 1.58. The first-order chi connectivity index (χ1) is 8.40. The van der Waals surface area contributed by atoms with Crippen LogP contribution in [0.2, 0.25) is 0 Å². The molecule has 0 aliphatic carbocycles. The Kier molecular flexibility index (Phi) is 4.65. The molecule has 0 aromatic heterocycles. The largest absolute Gasteiger partial charge is 0.363 e. The number of ether oxygens (including phenoxy) is 1. The molecule has 1 nitrogen and oxygen atoms in total. The van der Waals surface area contributed by atoms with Gasteiger partial charge in [0.05, 0.1) is 0 Å². The quantitative estimate of drug-likeness (QED) is 0.565. The summed E-state index contributed by atoms with van der Waals surface area (Å²) in [6.45, 7) is 2.75. The summed E-state index contributed by atoms with van der Waals surface area (Å²) in [5.74, 6) is 0. The zero-order valence-electron chi connectivity index (χ0n) is 9.87. The number of hydrogen-bond donors (Lipinski definition) is 0. The summed E-state index contributed by atoms with van der Waals surface area (Å²) in [7, 11) is 0. The smallest absolute Gasteiger partial charge is 0.132 e. The maximum absolute atomic E-state index is 5.79. The highest BCUT2D eigenvalue weighted by Crippen LogP contribution is 2.35. The summed E-state index contributed by atoms with van der Waals surface area (Å²) in [4.78, 5) is 1.23. The second-order valence-corrected chi connectivity index (χ2v) is 4.76. The monoisotopic (exact) mass is 244 g/mol. The molecule has 0 bridgehead atoms. The van der Waals surface area contributed by atoms with Crippen molar-refractivity contribution in [3.05, 3.63) is 66.2 Å². The Morgan fingerprint density at radius 1 is 0.941 bits per heavy atom. The molecule has 0 saturated carbocycles. The molecule has 0 fully saturated rings. The van der Waals surface area contributed by atoms with Gasteiger partial charge in [0.1, 0.15) is 5.44 Å². The van der Waals surface area contributed by atoms with Gasteiger partial charge in [-0.25, -0.2) is 0 Å². The van der Waals surface area contributed by atoms with E-state index in [2.05, 4.69) is 36.4 Å². The van der Waals surface area contributed by atoms with Crippen molar-refractivity contribution in [1.29, 1.82) is 0 Å². The van der Waals surface area contributed by atoms with Gasteiger partial charge in [0.15, 0.2) is 0 Å². The molecule has 0 amide bonds. The van der Waals surface area contributed by atoms with E-state index in [9.17, 15) is 0 Å². The number of benzene rings is 2. The van der Waals surface area contributed by atoms with Gasteiger partial charge < -0.3 is 4.74 Å². The zero-order valence-corrected chi connectivity index (χ0v) is 10.7. The number of thioether (sulfide) groups is 1. The standard InChI is InChI=1S/C15H16OS/c1-2-16-15(13-9-5-3-6-10-13)17-14-11-7-4-8-12-14/h3-12,15H,2H2,1H3. The first kappa shape index (κ1) is 12.2. The van der Waals surface area contributed by atoms with E-state index < -0.39 is 0 Å². The predicted octanol–water partition coefficient (Wildman–Crippen LogP) is 4.51. The molecule has 17 heavy (non-hydrogen) atoms. The molecule has 0 saturated heterocycles. The molecule has 88 valence electrons. The Morgan fingerprint density at radius 2 is 1.53 bits per heavy atom. The molecule has 2 rings (SSSR count). The van der Waals surface area contributed by atoms with E-state index in [0.717, 1.165) is 6.61 Å². The third-order valence-electron chi connectivity index (χ3n) is 2.38. The van der Waals surface area contributed by atoms with Crippen LogP contribution >= 0.6 is 11.8 Å². The minimum atomic E-state index is 0.0728. The van der Waals surface area contributed by atoms with Gasteiger partial charge in [-0.3, -0.25) is 0 Å². The maximum Gasteiger partial charge on any atom is 0.132 e. The van der Waals surface area contributed by atoms with E-state index in [1.165, 1.54) is 10.5 Å². The van der Waals surface area contributed by atoms with Gasteiger partial charge in [0.2, 0.25) is 0 Å². The average Bonchev–Trinajstić information content (AvgIpc) is 2.40. The first-order valence-electron chi connectivity index (χ1n) is 5.78. The Balaban J connectivity index is 2.13. The summed E-state index contributed by atoms with van der Waals surface area (Å²) in [6, 6.07) is 20.7. The van der Waals surface area contributed by atoms with Gasteiger partial charge in [0, 0.05) is 11.5 Å². The van der Waals surface area contributed by atoms with Crippen molar-refractivity contribution in [2.24, 2.45) is 0 Å². The Labute approximate surface area is 107 Å². The van der Waals surface area contributed by atoms with Crippen LogP contribution in [0, 0.1) is 0 Å². The van der Waals surface area contributed by atoms with Gasteiger partial charge in [-0.2, -0.15) is 0 Å². The third-order valence-corrected chi connectivity index (χ3v) is 3.54. The van der Waals surface area contributed by atoms with Gasteiger partial charge in [-0.05, 0) is 24.6 Å². The van der Waals surface area contributed by atoms with Crippen molar-refractivity contribution in [3.63, 3.8) is 0 Å². The number of hydrogen-bond acceptors (Lipinski definition) is 2. The molecule has 2 heteroatoms. The minimum Gasteiger partial charge on any atom is -0.363 e. The van der Waals surface area contributed by atoms with Crippen LogP contribution < -0.4 is 0 Å². The molecule has 0 aliphatic heterocycles. The fraction of sp³-hybridized carbons (Fsp3) is 0.200. The molecular weight excluding hydrogens is 228 g/mol. The van der Waals surface area contributed by atoms with Crippen LogP contribution in [0.25, 0.3) is 0 Å². The SMILES string of the molecule is CCOC(Sc1ccccc1)c1ccccc1. The summed E-state index contributed by atoms with van der Waals surface area (Å²) in [6.07, 6.45) is 0. The van der Waals surface area contributed by atoms with Crippen LogP contribution in [0.4, 0.5) is 0 Å². The van der Waals surface area contributed by atoms with Gasteiger partial charge in [0.25, 0.3) is 0 Å². The van der Waals surface area contributed by atoms with Crippen LogP contribution in [0.5, 0.6) is 0 Å². The zero-order chi connectivity index (χ0) is 11.9. The second kappa shape index (κ2) is 6.48. The van der Waals surface area contributed by atoms with Gasteiger partial charge >= 0.3 is 0 Å². The van der Waals surface area contributed by atoms with E-state index in [4.69, 9.17) is 4.74 Å². The molecule has 1 unspecified atom stereocenters. The Hall–Kier alpha value is -1.25. The molecule has 0 spiro atoms. The molecule has 2 aromatic rings. The van der Waals surface area contributed by atoms with E-state index >= 15 is 0 Å². The number of rotatable bonds is 5. The van der Waals surface area contributed by atoms with Crippen molar-refractivity contribution in [2.75, 3.05) is 6.61 Å². The molecule has 0 N–H and O–H groups in total. The lowest BCUT2D eigenvalue weighted by Crippen LogP contribution is -1.99. The fourth-order valence-corrected chi connectivity index (χ4v) is 2.64. The topological polar surface area (TPSA) is 9.23 Å². The van der Waals surface area contributed by atoms with Crippen LogP contribution in [0.1, 0.15) is 17.9 Å². The van der Waals surface area contributed by atoms with Crippen molar-refractivity contribution in [1.82, 2.24) is 0 Å². The molecule has 0 heterocycles. The van der Waals surface area contributed by atoms with E-state index in [1.54, 1.807) is 11.8 Å². The van der Waals surface area contributed by atoms with Crippen LogP contribution in [0.3, 0.4) is 0 Å². The summed E-state index contributed by atoms with van der Waals surface area (Å²) in [5.41, 5.74) is 1.28. The lowest BCUT2D eigenvalue weighted by Gasteiger charge is -2.16. The first-order valence-corrected chi connectivity index (χ1v) is 6.66. The van der Waals surface area contributed by atoms with E-state index in [-0.39, 0.29) is 5.44 Å².